The highest BCUT2D eigenvalue weighted by Crippen LogP contribution is 2.24. The summed E-state index contributed by atoms with van der Waals surface area (Å²) >= 11 is 1.58. The molecule has 2 aromatic heterocycles. The fraction of sp³-hybridized carbons (Fsp3) is 0.143. The van der Waals surface area contributed by atoms with Crippen molar-refractivity contribution in [3.63, 3.8) is 0 Å². The van der Waals surface area contributed by atoms with Crippen LogP contribution in [0.3, 0.4) is 0 Å². The summed E-state index contributed by atoms with van der Waals surface area (Å²) in [6.45, 7) is 1.79. The number of anilines is 1. The quantitative estimate of drug-likeness (QED) is 0.752. The Bertz CT molecular complexity index is 814. The third-order valence-corrected chi connectivity index (χ3v) is 3.80. The molecular weight excluding hydrogens is 286 g/mol. The van der Waals surface area contributed by atoms with E-state index < -0.39 is 0 Å². The average molecular weight is 299 g/mol. The van der Waals surface area contributed by atoms with E-state index in [0.717, 1.165) is 10.6 Å². The second-order valence-electron chi connectivity index (χ2n) is 4.39. The average Bonchev–Trinajstić information content (AvgIpc) is 2.88. The minimum absolute atomic E-state index is 0.258. The summed E-state index contributed by atoms with van der Waals surface area (Å²) in [6, 6.07) is 11.0. The van der Waals surface area contributed by atoms with Gasteiger partial charge in [-0.3, -0.25) is 4.79 Å². The number of para-hydroxylation sites is 1. The molecule has 0 spiro atoms. The number of hydrogen-bond acceptors (Lipinski definition) is 5. The molecule has 21 heavy (non-hydrogen) atoms. The predicted octanol–water partition coefficient (Wildman–Crippen LogP) is 2.41. The Morgan fingerprint density at radius 2 is 2.00 bits per heavy atom. The summed E-state index contributed by atoms with van der Waals surface area (Å²) < 4.78 is 1.55. The molecule has 0 fully saturated rings. The highest BCUT2D eigenvalue weighted by molar-refractivity contribution is 7.98. The molecule has 0 aliphatic heterocycles. The Hall–Kier alpha value is -2.41. The summed E-state index contributed by atoms with van der Waals surface area (Å²) in [7, 11) is 0. The summed E-state index contributed by atoms with van der Waals surface area (Å²) in [5.41, 5.74) is 1.72. The van der Waals surface area contributed by atoms with Crippen LogP contribution in [0.2, 0.25) is 0 Å². The van der Waals surface area contributed by atoms with Crippen molar-refractivity contribution in [1.29, 1.82) is 0 Å². The van der Waals surface area contributed by atoms with E-state index in [1.807, 2.05) is 30.5 Å². The van der Waals surface area contributed by atoms with Gasteiger partial charge >= 0.3 is 0 Å². The number of aromatic nitrogens is 4. The van der Waals surface area contributed by atoms with E-state index in [1.165, 1.54) is 0 Å². The predicted molar refractivity (Wildman–Crippen MR) is 81.7 cm³/mol. The molecule has 0 aliphatic rings. The van der Waals surface area contributed by atoms with Crippen molar-refractivity contribution in [2.45, 2.75) is 11.8 Å². The van der Waals surface area contributed by atoms with Gasteiger partial charge in [-0.2, -0.15) is 9.61 Å². The van der Waals surface area contributed by atoms with Gasteiger partial charge in [0, 0.05) is 4.90 Å². The number of hydrogen-bond donors (Lipinski definition) is 1. The summed E-state index contributed by atoms with van der Waals surface area (Å²) in [5, 5.41) is 15.0. The molecule has 3 aromatic rings. The van der Waals surface area contributed by atoms with Crippen molar-refractivity contribution in [2.24, 2.45) is 0 Å². The standard InChI is InChI=1S/C14H13N5OS/c1-9-16-17-13-8-7-11(18-19(9)13)14(20)15-10-5-3-4-6-12(10)21-2/h3-8H,1-2H3,(H,15,20). The highest BCUT2D eigenvalue weighted by atomic mass is 32.2. The van der Waals surface area contributed by atoms with Crippen LogP contribution < -0.4 is 5.32 Å². The van der Waals surface area contributed by atoms with Crippen LogP contribution in [0.5, 0.6) is 0 Å². The minimum atomic E-state index is -0.258. The number of rotatable bonds is 3. The smallest absolute Gasteiger partial charge is 0.276 e. The van der Waals surface area contributed by atoms with Crippen molar-refractivity contribution in [3.8, 4) is 0 Å². The Morgan fingerprint density at radius 3 is 2.81 bits per heavy atom. The molecule has 0 aliphatic carbocycles. The summed E-state index contributed by atoms with van der Waals surface area (Å²) in [6.07, 6.45) is 1.97. The maximum Gasteiger partial charge on any atom is 0.276 e. The summed E-state index contributed by atoms with van der Waals surface area (Å²) in [4.78, 5) is 13.3. The first-order valence-electron chi connectivity index (χ1n) is 6.32. The molecule has 106 valence electrons. The van der Waals surface area contributed by atoms with Gasteiger partial charge in [0.15, 0.2) is 11.5 Å². The number of carbonyl (C=O) groups excluding carboxylic acids is 1. The SMILES string of the molecule is CSc1ccccc1NC(=O)c1ccc2nnc(C)n2n1. The van der Waals surface area contributed by atoms with Gasteiger partial charge in [-0.1, -0.05) is 12.1 Å². The Kier molecular flexibility index (Phi) is 3.57. The molecule has 0 saturated heterocycles. The topological polar surface area (TPSA) is 72.2 Å². The van der Waals surface area contributed by atoms with Crippen molar-refractivity contribution in [2.75, 3.05) is 11.6 Å². The van der Waals surface area contributed by atoms with E-state index >= 15 is 0 Å². The van der Waals surface area contributed by atoms with Gasteiger partial charge in [0.1, 0.15) is 5.69 Å². The second-order valence-corrected chi connectivity index (χ2v) is 5.24. The van der Waals surface area contributed by atoms with Crippen LogP contribution >= 0.6 is 11.8 Å². The van der Waals surface area contributed by atoms with Crippen LogP contribution in [0.1, 0.15) is 16.3 Å². The van der Waals surface area contributed by atoms with Crippen LogP contribution in [0.15, 0.2) is 41.3 Å². The largest absolute Gasteiger partial charge is 0.320 e. The van der Waals surface area contributed by atoms with Gasteiger partial charge in [0.25, 0.3) is 5.91 Å². The number of nitrogens with one attached hydrogen (secondary N) is 1. The molecule has 2 heterocycles. The third-order valence-electron chi connectivity index (χ3n) is 3.01. The molecule has 1 N–H and O–H groups in total. The van der Waals surface area contributed by atoms with Crippen molar-refractivity contribution >= 4 is 29.0 Å². The fourth-order valence-electron chi connectivity index (χ4n) is 1.95. The van der Waals surface area contributed by atoms with Gasteiger partial charge in [-0.15, -0.1) is 22.0 Å². The number of aryl methyl sites for hydroxylation is 1. The fourth-order valence-corrected chi connectivity index (χ4v) is 2.51. The monoisotopic (exact) mass is 299 g/mol. The summed E-state index contributed by atoms with van der Waals surface area (Å²) in [5.74, 6) is 0.385. The molecule has 0 unspecified atom stereocenters. The zero-order valence-electron chi connectivity index (χ0n) is 11.6. The van der Waals surface area contributed by atoms with Crippen LogP contribution in [-0.2, 0) is 0 Å². The number of carbonyl (C=O) groups is 1. The molecule has 3 rings (SSSR count). The lowest BCUT2D eigenvalue weighted by Gasteiger charge is -2.08. The first-order chi connectivity index (χ1) is 10.2. The van der Waals surface area contributed by atoms with E-state index in [0.29, 0.717) is 17.2 Å². The molecule has 0 bridgehead atoms. The van der Waals surface area contributed by atoms with E-state index in [4.69, 9.17) is 0 Å². The third kappa shape index (κ3) is 2.59. The Morgan fingerprint density at radius 1 is 1.19 bits per heavy atom. The zero-order valence-corrected chi connectivity index (χ0v) is 12.4. The van der Waals surface area contributed by atoms with Crippen molar-refractivity contribution < 1.29 is 4.79 Å². The van der Waals surface area contributed by atoms with E-state index in [9.17, 15) is 4.79 Å². The first-order valence-corrected chi connectivity index (χ1v) is 7.55. The molecule has 0 saturated carbocycles. The van der Waals surface area contributed by atoms with E-state index in [1.54, 1.807) is 35.3 Å². The van der Waals surface area contributed by atoms with Crippen molar-refractivity contribution in [3.05, 3.63) is 47.9 Å². The molecular formula is C14H13N5OS. The van der Waals surface area contributed by atoms with Crippen molar-refractivity contribution in [1.82, 2.24) is 19.8 Å². The highest BCUT2D eigenvalue weighted by Gasteiger charge is 2.12. The van der Waals surface area contributed by atoms with Gasteiger partial charge in [-0.05, 0) is 37.4 Å². The van der Waals surface area contributed by atoms with Gasteiger partial charge in [0.2, 0.25) is 0 Å². The number of amides is 1. The molecule has 6 nitrogen and oxygen atoms in total. The van der Waals surface area contributed by atoms with Gasteiger partial charge in [0.05, 0.1) is 5.69 Å². The number of fused-ring (bicyclic) bond motifs is 1. The lowest BCUT2D eigenvalue weighted by Crippen LogP contribution is -2.16. The zero-order chi connectivity index (χ0) is 14.8. The van der Waals surface area contributed by atoms with Gasteiger partial charge < -0.3 is 5.32 Å². The van der Waals surface area contributed by atoms with E-state index in [2.05, 4.69) is 20.6 Å². The maximum absolute atomic E-state index is 12.3. The molecule has 1 amide bonds. The lowest BCUT2D eigenvalue weighted by atomic mass is 10.3. The molecule has 0 radical (unpaired) electrons. The van der Waals surface area contributed by atoms with Crippen LogP contribution in [0, 0.1) is 6.92 Å². The number of nitrogens with zero attached hydrogens (tertiary/aromatic N) is 4. The molecule has 0 atom stereocenters. The Labute approximate surface area is 125 Å². The molecule has 7 heteroatoms. The van der Waals surface area contributed by atoms with Crippen LogP contribution in [-0.4, -0.2) is 32.0 Å². The van der Waals surface area contributed by atoms with Crippen LogP contribution in [0.4, 0.5) is 5.69 Å². The van der Waals surface area contributed by atoms with Gasteiger partial charge in [-0.25, -0.2) is 0 Å². The molecule has 1 aromatic carbocycles. The Balaban J connectivity index is 1.91. The second kappa shape index (κ2) is 5.53. The maximum atomic E-state index is 12.3. The number of benzene rings is 1. The van der Waals surface area contributed by atoms with Crippen LogP contribution in [0.25, 0.3) is 5.65 Å². The minimum Gasteiger partial charge on any atom is -0.320 e. The number of thioether (sulfide) groups is 1. The normalized spacial score (nSPS) is 10.8. The first kappa shape index (κ1) is 13.6. The lowest BCUT2D eigenvalue weighted by molar-refractivity contribution is 0.102. The van der Waals surface area contributed by atoms with E-state index in [-0.39, 0.29) is 5.91 Å².